The maximum absolute atomic E-state index is 6.13. The molecule has 2 aromatic carbocycles. The maximum atomic E-state index is 6.13. The molecule has 1 saturated heterocycles. The molecule has 20 heavy (non-hydrogen) atoms. The summed E-state index contributed by atoms with van der Waals surface area (Å²) in [6, 6.07) is 16.3. The van der Waals surface area contributed by atoms with E-state index >= 15 is 0 Å². The second-order valence-electron chi connectivity index (χ2n) is 5.15. The molecule has 3 heteroatoms. The van der Waals surface area contributed by atoms with E-state index in [2.05, 4.69) is 29.6 Å². The lowest BCUT2D eigenvalue weighted by molar-refractivity contribution is 0.221. The van der Waals surface area contributed by atoms with Crippen molar-refractivity contribution in [3.8, 4) is 5.75 Å². The van der Waals surface area contributed by atoms with Crippen LogP contribution in [0.2, 0.25) is 5.02 Å². The van der Waals surface area contributed by atoms with Gasteiger partial charge in [0.15, 0.2) is 0 Å². The van der Waals surface area contributed by atoms with Gasteiger partial charge in [-0.2, -0.15) is 0 Å². The molecule has 1 unspecified atom stereocenters. The Bertz CT molecular complexity index is 564. The smallest absolute Gasteiger partial charge is 0.123 e. The highest BCUT2D eigenvalue weighted by Gasteiger charge is 2.17. The average molecular weight is 288 g/mol. The van der Waals surface area contributed by atoms with E-state index in [4.69, 9.17) is 16.3 Å². The minimum atomic E-state index is 0.269. The van der Waals surface area contributed by atoms with Gasteiger partial charge in [-0.25, -0.2) is 0 Å². The van der Waals surface area contributed by atoms with Gasteiger partial charge in [0, 0.05) is 18.0 Å². The van der Waals surface area contributed by atoms with Crippen molar-refractivity contribution in [3.63, 3.8) is 0 Å². The molecule has 0 saturated carbocycles. The topological polar surface area (TPSA) is 21.3 Å². The number of hydrogen-bond donors (Lipinski definition) is 1. The lowest BCUT2D eigenvalue weighted by Gasteiger charge is -2.16. The van der Waals surface area contributed by atoms with Crippen molar-refractivity contribution in [1.29, 1.82) is 0 Å². The summed E-state index contributed by atoms with van der Waals surface area (Å²) in [7, 11) is 0. The van der Waals surface area contributed by atoms with Crippen LogP contribution in [0.25, 0.3) is 0 Å². The Balaban J connectivity index is 1.82. The monoisotopic (exact) mass is 287 g/mol. The lowest BCUT2D eigenvalue weighted by atomic mass is 10.0. The summed E-state index contributed by atoms with van der Waals surface area (Å²) in [5.41, 5.74) is 2.42. The molecule has 104 valence electrons. The van der Waals surface area contributed by atoms with Gasteiger partial charge < -0.3 is 10.1 Å². The molecule has 0 amide bonds. The molecule has 1 atom stereocenters. The van der Waals surface area contributed by atoms with E-state index in [-0.39, 0.29) is 6.10 Å². The van der Waals surface area contributed by atoms with Crippen LogP contribution in [0.1, 0.15) is 17.5 Å². The van der Waals surface area contributed by atoms with E-state index in [1.807, 2.05) is 24.3 Å². The summed E-state index contributed by atoms with van der Waals surface area (Å²) in [5, 5.41) is 4.08. The number of benzene rings is 2. The summed E-state index contributed by atoms with van der Waals surface area (Å²) >= 11 is 6.13. The fourth-order valence-electron chi connectivity index (χ4n) is 2.53. The average Bonchev–Trinajstić information content (AvgIpc) is 2.96. The Hall–Kier alpha value is -1.51. The predicted octanol–water partition coefficient (Wildman–Crippen LogP) is 3.67. The van der Waals surface area contributed by atoms with Crippen molar-refractivity contribution in [2.45, 2.75) is 18.9 Å². The van der Waals surface area contributed by atoms with Crippen LogP contribution in [-0.2, 0) is 6.42 Å². The van der Waals surface area contributed by atoms with Crippen LogP contribution in [0, 0.1) is 0 Å². The fourth-order valence-corrected chi connectivity index (χ4v) is 2.72. The Morgan fingerprint density at radius 2 is 2.00 bits per heavy atom. The SMILES string of the molecule is Clc1ccc(OC2CCNC2)c(Cc2ccccc2)c1. The van der Waals surface area contributed by atoms with Gasteiger partial charge in [-0.15, -0.1) is 0 Å². The van der Waals surface area contributed by atoms with Gasteiger partial charge in [-0.3, -0.25) is 0 Å². The first kappa shape index (κ1) is 13.5. The molecule has 0 aromatic heterocycles. The summed E-state index contributed by atoms with van der Waals surface area (Å²) in [6.07, 6.45) is 2.18. The molecule has 2 nitrogen and oxygen atoms in total. The third-order valence-electron chi connectivity index (χ3n) is 3.57. The molecule has 0 bridgehead atoms. The highest BCUT2D eigenvalue weighted by Crippen LogP contribution is 2.27. The van der Waals surface area contributed by atoms with Gasteiger partial charge >= 0.3 is 0 Å². The van der Waals surface area contributed by atoms with Gasteiger partial charge in [-0.1, -0.05) is 41.9 Å². The van der Waals surface area contributed by atoms with Crippen molar-refractivity contribution in [1.82, 2.24) is 5.32 Å². The largest absolute Gasteiger partial charge is 0.489 e. The molecule has 1 aliphatic heterocycles. The highest BCUT2D eigenvalue weighted by molar-refractivity contribution is 6.30. The molecule has 0 aliphatic carbocycles. The van der Waals surface area contributed by atoms with Gasteiger partial charge in [0.25, 0.3) is 0 Å². The molecule has 3 rings (SSSR count). The zero-order chi connectivity index (χ0) is 13.8. The zero-order valence-corrected chi connectivity index (χ0v) is 12.1. The first-order chi connectivity index (χ1) is 9.81. The Labute approximate surface area is 124 Å². The number of nitrogens with one attached hydrogen (secondary N) is 1. The van der Waals surface area contributed by atoms with E-state index in [1.165, 1.54) is 5.56 Å². The van der Waals surface area contributed by atoms with Crippen LogP contribution < -0.4 is 10.1 Å². The molecule has 1 N–H and O–H groups in total. The zero-order valence-electron chi connectivity index (χ0n) is 11.3. The van der Waals surface area contributed by atoms with Crippen molar-refractivity contribution in [2.24, 2.45) is 0 Å². The van der Waals surface area contributed by atoms with Crippen LogP contribution in [0.4, 0.5) is 0 Å². The second kappa shape index (κ2) is 6.29. The minimum absolute atomic E-state index is 0.269. The Morgan fingerprint density at radius 1 is 1.15 bits per heavy atom. The molecular weight excluding hydrogens is 270 g/mol. The number of hydrogen-bond acceptors (Lipinski definition) is 2. The molecule has 1 fully saturated rings. The van der Waals surface area contributed by atoms with Crippen LogP contribution in [0.3, 0.4) is 0 Å². The summed E-state index contributed by atoms with van der Waals surface area (Å²) in [4.78, 5) is 0. The normalized spacial score (nSPS) is 18.1. The molecule has 2 aromatic rings. The van der Waals surface area contributed by atoms with Crippen molar-refractivity contribution >= 4 is 11.6 Å². The number of rotatable bonds is 4. The maximum Gasteiger partial charge on any atom is 0.123 e. The van der Waals surface area contributed by atoms with Crippen LogP contribution in [-0.4, -0.2) is 19.2 Å². The highest BCUT2D eigenvalue weighted by atomic mass is 35.5. The molecule has 0 spiro atoms. The Kier molecular flexibility index (Phi) is 4.24. The minimum Gasteiger partial charge on any atom is -0.489 e. The van der Waals surface area contributed by atoms with E-state index in [0.717, 1.165) is 42.3 Å². The van der Waals surface area contributed by atoms with Crippen LogP contribution in [0.15, 0.2) is 48.5 Å². The second-order valence-corrected chi connectivity index (χ2v) is 5.58. The van der Waals surface area contributed by atoms with Crippen molar-refractivity contribution in [2.75, 3.05) is 13.1 Å². The van der Waals surface area contributed by atoms with Crippen molar-refractivity contribution < 1.29 is 4.74 Å². The first-order valence-electron chi connectivity index (χ1n) is 7.01. The number of ether oxygens (including phenoxy) is 1. The lowest BCUT2D eigenvalue weighted by Crippen LogP contribution is -2.20. The molecule has 1 heterocycles. The van der Waals surface area contributed by atoms with E-state index in [9.17, 15) is 0 Å². The first-order valence-corrected chi connectivity index (χ1v) is 7.39. The predicted molar refractivity (Wildman–Crippen MR) is 82.6 cm³/mol. The van der Waals surface area contributed by atoms with E-state index in [0.29, 0.717) is 0 Å². The standard InChI is InChI=1S/C17H18ClNO/c18-15-6-7-17(20-16-8-9-19-12-16)14(11-15)10-13-4-2-1-3-5-13/h1-7,11,16,19H,8-10,12H2. The van der Waals surface area contributed by atoms with Gasteiger partial charge in [0.05, 0.1) is 0 Å². The summed E-state index contributed by atoms with van der Waals surface area (Å²) in [6.45, 7) is 1.96. The summed E-state index contributed by atoms with van der Waals surface area (Å²) in [5.74, 6) is 0.951. The van der Waals surface area contributed by atoms with E-state index in [1.54, 1.807) is 0 Å². The van der Waals surface area contributed by atoms with Gasteiger partial charge in [0.1, 0.15) is 11.9 Å². The Morgan fingerprint density at radius 3 is 2.75 bits per heavy atom. The number of halogens is 1. The van der Waals surface area contributed by atoms with Crippen molar-refractivity contribution in [3.05, 3.63) is 64.7 Å². The fraction of sp³-hybridized carbons (Fsp3) is 0.294. The summed E-state index contributed by atoms with van der Waals surface area (Å²) < 4.78 is 6.11. The van der Waals surface area contributed by atoms with Crippen LogP contribution >= 0.6 is 11.6 Å². The third kappa shape index (κ3) is 3.33. The third-order valence-corrected chi connectivity index (χ3v) is 3.80. The quantitative estimate of drug-likeness (QED) is 0.926. The van der Waals surface area contributed by atoms with E-state index < -0.39 is 0 Å². The molecule has 0 radical (unpaired) electrons. The van der Waals surface area contributed by atoms with Gasteiger partial charge in [-0.05, 0) is 42.3 Å². The van der Waals surface area contributed by atoms with Crippen LogP contribution in [0.5, 0.6) is 5.75 Å². The van der Waals surface area contributed by atoms with Gasteiger partial charge in [0.2, 0.25) is 0 Å². The molecule has 1 aliphatic rings. The molecular formula is C17H18ClNO.